The molecular formula is C11H14BrN3S. The Labute approximate surface area is 107 Å². The lowest BCUT2D eigenvalue weighted by atomic mass is 10.2. The first-order chi connectivity index (χ1) is 7.74. The van der Waals surface area contributed by atoms with Crippen LogP contribution in [0.25, 0.3) is 0 Å². The molecule has 0 spiro atoms. The molecule has 16 heavy (non-hydrogen) atoms. The molecule has 2 N–H and O–H groups in total. The number of nitrogens with two attached hydrogens (primary N) is 1. The van der Waals surface area contributed by atoms with Gasteiger partial charge in [0.1, 0.15) is 5.82 Å². The minimum Gasteiger partial charge on any atom is -0.333 e. The van der Waals surface area contributed by atoms with Crippen molar-refractivity contribution < 1.29 is 0 Å². The van der Waals surface area contributed by atoms with Crippen LogP contribution in [-0.2, 0) is 6.54 Å². The van der Waals surface area contributed by atoms with Gasteiger partial charge in [-0.2, -0.15) is 0 Å². The molecule has 0 aromatic carbocycles. The zero-order valence-electron chi connectivity index (χ0n) is 9.06. The summed E-state index contributed by atoms with van der Waals surface area (Å²) in [6, 6.07) is 1.88. The molecule has 2 heterocycles. The molecule has 0 saturated carbocycles. The highest BCUT2D eigenvalue weighted by atomic mass is 79.9. The van der Waals surface area contributed by atoms with E-state index in [2.05, 4.69) is 32.4 Å². The van der Waals surface area contributed by atoms with Crippen molar-refractivity contribution in [3.63, 3.8) is 0 Å². The smallest absolute Gasteiger partial charge is 0.131 e. The molecule has 0 radical (unpaired) electrons. The predicted octanol–water partition coefficient (Wildman–Crippen LogP) is 3.17. The normalized spacial score (nSPS) is 12.9. The van der Waals surface area contributed by atoms with Gasteiger partial charge in [-0.1, -0.05) is 6.92 Å². The molecule has 3 nitrogen and oxygen atoms in total. The van der Waals surface area contributed by atoms with Crippen LogP contribution in [0.3, 0.4) is 0 Å². The Balaban J connectivity index is 2.30. The average Bonchev–Trinajstić information content (AvgIpc) is 2.87. The molecule has 0 aliphatic rings. The van der Waals surface area contributed by atoms with Gasteiger partial charge in [-0.3, -0.25) is 0 Å². The Bertz CT molecular complexity index is 463. The van der Waals surface area contributed by atoms with Crippen molar-refractivity contribution in [2.75, 3.05) is 0 Å². The molecule has 5 heteroatoms. The first-order valence-corrected chi connectivity index (χ1v) is 6.90. The van der Waals surface area contributed by atoms with Crippen LogP contribution < -0.4 is 5.73 Å². The van der Waals surface area contributed by atoms with Crippen molar-refractivity contribution in [3.8, 4) is 0 Å². The maximum atomic E-state index is 6.23. The van der Waals surface area contributed by atoms with Gasteiger partial charge in [0.05, 0.1) is 6.04 Å². The Morgan fingerprint density at radius 3 is 3.06 bits per heavy atom. The van der Waals surface area contributed by atoms with Crippen molar-refractivity contribution in [1.29, 1.82) is 0 Å². The summed E-state index contributed by atoms with van der Waals surface area (Å²) in [6.07, 6.45) is 4.88. The van der Waals surface area contributed by atoms with Crippen LogP contribution in [0.2, 0.25) is 0 Å². The van der Waals surface area contributed by atoms with E-state index in [1.54, 1.807) is 11.3 Å². The first-order valence-electron chi connectivity index (χ1n) is 5.23. The van der Waals surface area contributed by atoms with Gasteiger partial charge in [-0.25, -0.2) is 4.98 Å². The molecule has 2 aromatic rings. The van der Waals surface area contributed by atoms with E-state index < -0.39 is 0 Å². The summed E-state index contributed by atoms with van der Waals surface area (Å²) in [7, 11) is 0. The second kappa shape index (κ2) is 5.12. The molecular weight excluding hydrogens is 286 g/mol. The number of aromatic nitrogens is 2. The van der Waals surface area contributed by atoms with Gasteiger partial charge in [-0.05, 0) is 33.8 Å². The van der Waals surface area contributed by atoms with Gasteiger partial charge in [0, 0.05) is 28.3 Å². The van der Waals surface area contributed by atoms with E-state index in [9.17, 15) is 0 Å². The van der Waals surface area contributed by atoms with Crippen molar-refractivity contribution in [1.82, 2.24) is 9.55 Å². The fraction of sp³-hybridized carbons (Fsp3) is 0.364. The van der Waals surface area contributed by atoms with E-state index in [-0.39, 0.29) is 6.04 Å². The van der Waals surface area contributed by atoms with Crippen molar-refractivity contribution in [3.05, 3.63) is 39.0 Å². The fourth-order valence-corrected chi connectivity index (χ4v) is 3.29. The molecule has 2 rings (SSSR count). The van der Waals surface area contributed by atoms with Gasteiger partial charge < -0.3 is 10.3 Å². The van der Waals surface area contributed by atoms with Crippen LogP contribution in [0, 0.1) is 0 Å². The second-order valence-electron chi connectivity index (χ2n) is 3.59. The lowest BCUT2D eigenvalue weighted by molar-refractivity contribution is 0.615. The van der Waals surface area contributed by atoms with Gasteiger partial charge >= 0.3 is 0 Å². The molecule has 86 valence electrons. The number of imidazole rings is 1. The summed E-state index contributed by atoms with van der Waals surface area (Å²) >= 11 is 5.17. The highest BCUT2D eigenvalue weighted by Crippen LogP contribution is 2.30. The van der Waals surface area contributed by atoms with Gasteiger partial charge in [0.15, 0.2) is 0 Å². The number of thiophene rings is 1. The first kappa shape index (κ1) is 11.8. The van der Waals surface area contributed by atoms with Crippen molar-refractivity contribution >= 4 is 27.3 Å². The molecule has 0 fully saturated rings. The fourth-order valence-electron chi connectivity index (χ4n) is 1.67. The number of hydrogen-bond acceptors (Lipinski definition) is 3. The summed E-state index contributed by atoms with van der Waals surface area (Å²) in [5, 5.41) is 2.03. The number of nitrogens with zero attached hydrogens (tertiary/aromatic N) is 2. The highest BCUT2D eigenvalue weighted by molar-refractivity contribution is 9.10. The summed E-state index contributed by atoms with van der Waals surface area (Å²) < 4.78 is 3.19. The number of aryl methyl sites for hydroxylation is 1. The number of hydrogen-bond donors (Lipinski definition) is 1. The predicted molar refractivity (Wildman–Crippen MR) is 70.6 cm³/mol. The quantitative estimate of drug-likeness (QED) is 0.942. The molecule has 0 bridgehead atoms. The Hall–Kier alpha value is -0.650. The summed E-state index contributed by atoms with van der Waals surface area (Å²) in [6.45, 7) is 3.11. The lowest BCUT2D eigenvalue weighted by Crippen LogP contribution is -2.17. The molecule has 1 unspecified atom stereocenters. The van der Waals surface area contributed by atoms with Crippen LogP contribution in [0.15, 0.2) is 28.3 Å². The monoisotopic (exact) mass is 299 g/mol. The SMILES string of the molecule is CCCn1ccnc1C(N)c1sccc1Br. The van der Waals surface area contributed by atoms with Crippen LogP contribution in [-0.4, -0.2) is 9.55 Å². The summed E-state index contributed by atoms with van der Waals surface area (Å²) in [4.78, 5) is 5.48. The summed E-state index contributed by atoms with van der Waals surface area (Å²) in [5.74, 6) is 0.935. The lowest BCUT2D eigenvalue weighted by Gasteiger charge is -2.12. The largest absolute Gasteiger partial charge is 0.333 e. The Morgan fingerprint density at radius 1 is 1.62 bits per heavy atom. The maximum Gasteiger partial charge on any atom is 0.131 e. The van der Waals surface area contributed by atoms with Crippen LogP contribution >= 0.6 is 27.3 Å². The highest BCUT2D eigenvalue weighted by Gasteiger charge is 2.17. The minimum atomic E-state index is -0.143. The van der Waals surface area contributed by atoms with Crippen LogP contribution in [0.4, 0.5) is 0 Å². The van der Waals surface area contributed by atoms with E-state index in [4.69, 9.17) is 5.73 Å². The van der Waals surface area contributed by atoms with Crippen LogP contribution in [0.1, 0.15) is 30.1 Å². The van der Waals surface area contributed by atoms with Gasteiger partial charge in [-0.15, -0.1) is 11.3 Å². The molecule has 1 atom stereocenters. The zero-order valence-corrected chi connectivity index (χ0v) is 11.5. The van der Waals surface area contributed by atoms with Gasteiger partial charge in [0.2, 0.25) is 0 Å². The van der Waals surface area contributed by atoms with Gasteiger partial charge in [0.25, 0.3) is 0 Å². The summed E-state index contributed by atoms with van der Waals surface area (Å²) in [5.41, 5.74) is 6.23. The molecule has 0 saturated heterocycles. The average molecular weight is 300 g/mol. The third-order valence-electron chi connectivity index (χ3n) is 2.42. The molecule has 0 amide bonds. The standard InChI is InChI=1S/C11H14BrN3S/c1-2-5-15-6-4-14-11(15)9(13)10-8(12)3-7-16-10/h3-4,6-7,9H,2,5,13H2,1H3. The second-order valence-corrected chi connectivity index (χ2v) is 5.39. The van der Waals surface area contributed by atoms with E-state index in [0.717, 1.165) is 28.1 Å². The van der Waals surface area contributed by atoms with E-state index in [1.807, 2.05) is 23.8 Å². The third kappa shape index (κ3) is 2.21. The minimum absolute atomic E-state index is 0.143. The van der Waals surface area contributed by atoms with E-state index >= 15 is 0 Å². The maximum absolute atomic E-state index is 6.23. The number of halogens is 1. The van der Waals surface area contributed by atoms with Crippen LogP contribution in [0.5, 0.6) is 0 Å². The molecule has 0 aliphatic heterocycles. The van der Waals surface area contributed by atoms with Crippen molar-refractivity contribution in [2.45, 2.75) is 25.9 Å². The molecule has 0 aliphatic carbocycles. The number of rotatable bonds is 4. The van der Waals surface area contributed by atoms with Crippen molar-refractivity contribution in [2.24, 2.45) is 5.73 Å². The topological polar surface area (TPSA) is 43.8 Å². The molecule has 2 aromatic heterocycles. The Kier molecular flexibility index (Phi) is 3.78. The van der Waals surface area contributed by atoms with E-state index in [1.165, 1.54) is 0 Å². The Morgan fingerprint density at radius 2 is 2.44 bits per heavy atom. The van der Waals surface area contributed by atoms with E-state index in [0.29, 0.717) is 0 Å². The third-order valence-corrected chi connectivity index (χ3v) is 4.37. The zero-order chi connectivity index (χ0) is 11.5.